The van der Waals surface area contributed by atoms with Crippen LogP contribution in [0.1, 0.15) is 89.0 Å². The first kappa shape index (κ1) is 58.9. The summed E-state index contributed by atoms with van der Waals surface area (Å²) in [5, 5.41) is 18.1. The van der Waals surface area contributed by atoms with Crippen molar-refractivity contribution in [2.75, 3.05) is 39.0 Å². The molecule has 3 aliphatic heterocycles. The predicted octanol–water partition coefficient (Wildman–Crippen LogP) is 9.56. The first-order valence-corrected chi connectivity index (χ1v) is 28.6. The molecule has 15 nitrogen and oxygen atoms in total. The van der Waals surface area contributed by atoms with E-state index in [1.165, 1.54) is 41.9 Å². The fourth-order valence-corrected chi connectivity index (χ4v) is 12.8. The van der Waals surface area contributed by atoms with Gasteiger partial charge in [-0.3, -0.25) is 19.7 Å². The highest BCUT2D eigenvalue weighted by molar-refractivity contribution is 8.76. The average Bonchev–Trinajstić information content (AvgIpc) is 4.23. The van der Waals surface area contributed by atoms with Gasteiger partial charge in [0.25, 0.3) is 0 Å². The number of rotatable bonds is 17. The summed E-state index contributed by atoms with van der Waals surface area (Å²) in [4.78, 5) is 72.0. The van der Waals surface area contributed by atoms with Gasteiger partial charge in [-0.2, -0.15) is 0 Å². The zero-order valence-corrected chi connectivity index (χ0v) is 47.5. The molecular weight excluding hydrogens is 1040 g/mol. The summed E-state index contributed by atoms with van der Waals surface area (Å²) in [6.07, 6.45) is 1.69. The highest BCUT2D eigenvalue weighted by Crippen LogP contribution is 2.49. The first-order chi connectivity index (χ1) is 36.7. The lowest BCUT2D eigenvalue weighted by atomic mass is 9.77. The number of hydrogen-bond donors (Lipinski definition) is 3. The molecule has 4 bridgehead atoms. The maximum Gasteiger partial charge on any atom is 0.409 e. The van der Waals surface area contributed by atoms with Gasteiger partial charge in [-0.15, -0.1) is 0 Å². The van der Waals surface area contributed by atoms with Crippen molar-refractivity contribution < 1.29 is 52.8 Å². The molecule has 0 aliphatic carbocycles. The fraction of sp³-hybridized carbons (Fsp3) is 0.441. The maximum atomic E-state index is 14.4. The molecule has 3 aliphatic rings. The number of carbonyl (C=O) groups is 5. The molecule has 2 fully saturated rings. The van der Waals surface area contributed by atoms with E-state index in [1.807, 2.05) is 104 Å². The van der Waals surface area contributed by atoms with Crippen molar-refractivity contribution in [3.05, 3.63) is 154 Å². The summed E-state index contributed by atoms with van der Waals surface area (Å²) in [5.41, 5.74) is 0.880. The van der Waals surface area contributed by atoms with Gasteiger partial charge in [-0.05, 0) is 68.0 Å². The highest BCUT2D eigenvalue weighted by Gasteiger charge is 2.64. The van der Waals surface area contributed by atoms with E-state index in [9.17, 15) is 29.1 Å². The smallest absolute Gasteiger partial charge is 0.409 e. The van der Waals surface area contributed by atoms with E-state index in [-0.39, 0.29) is 47.8 Å². The number of carbonyl (C=O) groups excluding carboxylic acids is 5. The van der Waals surface area contributed by atoms with E-state index < -0.39 is 71.2 Å². The lowest BCUT2D eigenvalue weighted by molar-refractivity contribution is -0.162. The third-order valence-corrected chi connectivity index (χ3v) is 18.2. The summed E-state index contributed by atoms with van der Waals surface area (Å²) in [6, 6.07) is 32.5. The Kier molecular flexibility index (Phi) is 19.7. The van der Waals surface area contributed by atoms with E-state index >= 15 is 0 Å². The van der Waals surface area contributed by atoms with E-state index in [4.69, 9.17) is 35.3 Å². The van der Waals surface area contributed by atoms with Crippen LogP contribution in [-0.4, -0.2) is 121 Å². The second-order valence-electron chi connectivity index (χ2n) is 20.3. The lowest BCUT2D eigenvalue weighted by Gasteiger charge is -2.42. The topological polar surface area (TPSA) is 186 Å². The van der Waals surface area contributed by atoms with Gasteiger partial charge in [-0.25, -0.2) is 9.59 Å². The zero-order valence-electron chi connectivity index (χ0n) is 45.2. The summed E-state index contributed by atoms with van der Waals surface area (Å²) < 4.78 is 29.6. The Morgan fingerprint density at radius 3 is 2.17 bits per heavy atom. The summed E-state index contributed by atoms with van der Waals surface area (Å²) in [7, 11) is 9.15. The van der Waals surface area contributed by atoms with Crippen LogP contribution >= 0.6 is 33.2 Å². The minimum atomic E-state index is -1.86. The standard InChI is InChI=1S/C59H71ClN4O11S2/c1-37-20-19-27-48(72-9)58(70)36-47(73-56(69)62-58)39(3)54-57(5,75-54)49(35-52(67)64(7)45-33-41(32-37)34-46(71-8)53(45)60)74-55(68)40(4)63(6)51(66)30-31-76-77-38(2)28-29-50(65)61-59(42-21-13-10-14-22-42,43-23-15-11-16-24-43)44-25-17-12-18-26-44/h10-27,33-34,38-40,47-49,54,70H,28-32,35-36H2,1-9H3,(H,61,65)(H,62,69)/b27-19+,37-20+/t38?,39-,40+,47+,48-,49+,54-,57+,58+/m1/s1. The number of nitrogens with zero attached hydrogens (tertiary/aromatic N) is 2. The molecule has 0 aromatic heterocycles. The number of likely N-dealkylation sites (N-methyl/N-ethyl adjacent to an activating group) is 1. The quantitative estimate of drug-likeness (QED) is 0.0299. The van der Waals surface area contributed by atoms with Crippen molar-refractivity contribution in [1.29, 1.82) is 0 Å². The van der Waals surface area contributed by atoms with Crippen LogP contribution in [0.2, 0.25) is 5.02 Å². The maximum absolute atomic E-state index is 14.4. The normalized spacial score (nSPS) is 25.6. The summed E-state index contributed by atoms with van der Waals surface area (Å²) >= 11 is 6.85. The Morgan fingerprint density at radius 2 is 1.58 bits per heavy atom. The number of fused-ring (bicyclic) bond motifs is 5. The zero-order chi connectivity index (χ0) is 55.7. The number of anilines is 1. The van der Waals surface area contributed by atoms with Crippen molar-refractivity contribution in [2.24, 2.45) is 5.92 Å². The van der Waals surface area contributed by atoms with Crippen molar-refractivity contribution >= 4 is 68.7 Å². The molecule has 0 spiro atoms. The van der Waals surface area contributed by atoms with Crippen LogP contribution in [0.25, 0.3) is 0 Å². The number of halogens is 1. The summed E-state index contributed by atoms with van der Waals surface area (Å²) in [6.45, 7) is 9.06. The number of alkyl carbamates (subject to hydrolysis) is 1. The third-order valence-electron chi connectivity index (χ3n) is 14.9. The number of ether oxygens (including phenoxy) is 5. The molecule has 412 valence electrons. The van der Waals surface area contributed by atoms with Crippen molar-refractivity contribution in [2.45, 2.75) is 126 Å². The number of esters is 1. The van der Waals surface area contributed by atoms with Gasteiger partial charge in [0.2, 0.25) is 17.7 Å². The van der Waals surface area contributed by atoms with Crippen LogP contribution in [0.15, 0.2) is 127 Å². The molecule has 9 atom stereocenters. The molecule has 1 unspecified atom stereocenters. The second-order valence-corrected chi connectivity index (χ2v) is 23.6. The van der Waals surface area contributed by atoms with Crippen molar-refractivity contribution in [1.82, 2.24) is 15.5 Å². The number of benzene rings is 4. The minimum absolute atomic E-state index is 0.0748. The Hall–Kier alpha value is -5.82. The van der Waals surface area contributed by atoms with Crippen LogP contribution in [0.5, 0.6) is 5.75 Å². The van der Waals surface area contributed by atoms with Crippen LogP contribution in [-0.2, 0) is 50.1 Å². The van der Waals surface area contributed by atoms with Gasteiger partial charge in [0, 0.05) is 57.4 Å². The molecule has 0 saturated carbocycles. The fourth-order valence-electron chi connectivity index (χ4n) is 10.1. The predicted molar refractivity (Wildman–Crippen MR) is 302 cm³/mol. The molecule has 4 amide bonds. The molecule has 18 heteroatoms. The van der Waals surface area contributed by atoms with Crippen molar-refractivity contribution in [3.8, 4) is 5.75 Å². The lowest BCUT2D eigenvalue weighted by Crippen LogP contribution is -2.63. The monoisotopic (exact) mass is 1110 g/mol. The molecule has 2 saturated heterocycles. The average molecular weight is 1110 g/mol. The Bertz CT molecular complexity index is 2690. The second kappa shape index (κ2) is 25.8. The highest BCUT2D eigenvalue weighted by atomic mass is 35.5. The van der Waals surface area contributed by atoms with Crippen molar-refractivity contribution in [3.63, 3.8) is 0 Å². The van der Waals surface area contributed by atoms with E-state index in [0.29, 0.717) is 30.0 Å². The number of hydrogen-bond acceptors (Lipinski definition) is 13. The van der Waals surface area contributed by atoms with Gasteiger partial charge >= 0.3 is 12.1 Å². The number of amides is 4. The van der Waals surface area contributed by atoms with Crippen LogP contribution in [0.3, 0.4) is 0 Å². The molecule has 77 heavy (non-hydrogen) atoms. The van der Waals surface area contributed by atoms with Crippen LogP contribution < -0.4 is 20.3 Å². The number of nitrogens with one attached hydrogen (secondary N) is 2. The third kappa shape index (κ3) is 13.7. The molecule has 3 N–H and O–H groups in total. The van der Waals surface area contributed by atoms with E-state index in [2.05, 4.69) is 17.6 Å². The molecule has 3 heterocycles. The summed E-state index contributed by atoms with van der Waals surface area (Å²) in [5.74, 6) is -1.35. The van der Waals surface area contributed by atoms with E-state index in [1.54, 1.807) is 62.9 Å². The molecule has 4 aromatic rings. The van der Waals surface area contributed by atoms with Gasteiger partial charge < -0.3 is 43.9 Å². The number of aliphatic hydroxyl groups is 1. The molecule has 4 aromatic carbocycles. The van der Waals surface area contributed by atoms with Crippen LogP contribution in [0, 0.1) is 5.92 Å². The SMILES string of the molecule is COc1cc2cc(c1Cl)N(C)C(=O)C[C@H](OC(=O)[C@H](C)N(C)C(=O)CCSSC(C)CCC(=O)NC(c1ccccc1)(c1ccccc1)c1ccccc1)[C@]1(C)O[C@@H]1[C@H](C)[C@@H]1C[C@@](O)(NC(=O)O1)[C@H](OC)/C=C/C=C(\C)C2. The van der Waals surface area contributed by atoms with Gasteiger partial charge in [0.1, 0.15) is 46.3 Å². The van der Waals surface area contributed by atoms with E-state index in [0.717, 1.165) is 27.8 Å². The molecular formula is C59H71ClN4O11S2. The number of methoxy groups -OCH3 is 2. The van der Waals surface area contributed by atoms with Gasteiger partial charge in [-0.1, -0.05) is 162 Å². The Labute approximate surface area is 465 Å². The van der Waals surface area contributed by atoms with Gasteiger partial charge in [0.05, 0.1) is 25.3 Å². The largest absolute Gasteiger partial charge is 0.495 e. The van der Waals surface area contributed by atoms with Crippen LogP contribution in [0.4, 0.5) is 10.5 Å². The minimum Gasteiger partial charge on any atom is -0.495 e. The van der Waals surface area contributed by atoms with Gasteiger partial charge in [0.15, 0.2) is 5.72 Å². The molecule has 0 radical (unpaired) electrons. The Balaban J connectivity index is 0.998. The number of epoxide rings is 1. The number of allylic oxidation sites excluding steroid dienone is 3. The Morgan fingerprint density at radius 1 is 0.974 bits per heavy atom. The first-order valence-electron chi connectivity index (χ1n) is 25.8. The molecule has 7 rings (SSSR count).